The lowest BCUT2D eigenvalue weighted by Crippen LogP contribution is -2.78. The molecule has 0 spiro atoms. The van der Waals surface area contributed by atoms with Crippen molar-refractivity contribution in [3.8, 4) is 0 Å². The van der Waals surface area contributed by atoms with Crippen molar-refractivity contribution in [2.45, 2.75) is 74.7 Å². The smallest absolute Gasteiger partial charge is 0.0710 e. The highest BCUT2D eigenvalue weighted by atomic mass is 16.3. The Balaban J connectivity index is 1.98. The summed E-state index contributed by atoms with van der Waals surface area (Å²) in [7, 11) is 0. The molecule has 0 aromatic rings. The van der Waals surface area contributed by atoms with Crippen LogP contribution in [0.2, 0.25) is 0 Å². The van der Waals surface area contributed by atoms with Gasteiger partial charge in [-0.3, -0.25) is 0 Å². The van der Waals surface area contributed by atoms with Gasteiger partial charge in [-0.1, -0.05) is 13.8 Å². The van der Waals surface area contributed by atoms with E-state index in [0.717, 1.165) is 45.2 Å². The van der Waals surface area contributed by atoms with Crippen LogP contribution in [0.25, 0.3) is 0 Å². The summed E-state index contributed by atoms with van der Waals surface area (Å²) in [5.74, 6) is 0. The predicted molar refractivity (Wildman–Crippen MR) is 70.4 cm³/mol. The van der Waals surface area contributed by atoms with E-state index in [0.29, 0.717) is 6.42 Å². The van der Waals surface area contributed by atoms with E-state index < -0.39 is 11.2 Å². The zero-order valence-corrected chi connectivity index (χ0v) is 11.6. The van der Waals surface area contributed by atoms with Crippen LogP contribution in [-0.4, -0.2) is 45.6 Å². The van der Waals surface area contributed by atoms with Crippen molar-refractivity contribution < 1.29 is 10.2 Å². The van der Waals surface area contributed by atoms with Crippen molar-refractivity contribution in [3.63, 3.8) is 0 Å². The summed E-state index contributed by atoms with van der Waals surface area (Å²) in [6.45, 7) is 6.00. The molecule has 0 atom stereocenters. The molecule has 0 aliphatic heterocycles. The van der Waals surface area contributed by atoms with Crippen LogP contribution >= 0.6 is 0 Å². The minimum absolute atomic E-state index is 0.0742. The first-order valence-electron chi connectivity index (χ1n) is 7.31. The van der Waals surface area contributed by atoms with E-state index in [1.165, 1.54) is 0 Å². The molecule has 4 heteroatoms. The van der Waals surface area contributed by atoms with E-state index in [1.54, 1.807) is 0 Å². The molecule has 4 rings (SSSR count). The third-order valence-electron chi connectivity index (χ3n) is 5.11. The second-order valence-corrected chi connectivity index (χ2v) is 7.13. The molecule has 0 heterocycles. The third kappa shape index (κ3) is 1.82. The highest BCUT2D eigenvalue weighted by molar-refractivity contribution is 5.25. The van der Waals surface area contributed by atoms with Crippen LogP contribution in [0, 0.1) is 0 Å². The van der Waals surface area contributed by atoms with E-state index >= 15 is 0 Å². The Labute approximate surface area is 109 Å². The van der Waals surface area contributed by atoms with Crippen LogP contribution < -0.4 is 10.6 Å². The summed E-state index contributed by atoms with van der Waals surface area (Å²) in [4.78, 5) is 0. The van der Waals surface area contributed by atoms with Crippen LogP contribution in [0.15, 0.2) is 0 Å². The highest BCUT2D eigenvalue weighted by Gasteiger charge is 2.67. The lowest BCUT2D eigenvalue weighted by atomic mass is 9.46. The fourth-order valence-corrected chi connectivity index (χ4v) is 5.65. The fraction of sp³-hybridized carbons (Fsp3) is 1.00. The van der Waals surface area contributed by atoms with Crippen molar-refractivity contribution >= 4 is 0 Å². The quantitative estimate of drug-likeness (QED) is 0.591. The summed E-state index contributed by atoms with van der Waals surface area (Å²) in [6, 6.07) is 0. The van der Waals surface area contributed by atoms with E-state index in [1.807, 2.05) is 0 Å². The normalized spacial score (nSPS) is 54.0. The largest absolute Gasteiger partial charge is 0.390 e. The lowest BCUT2D eigenvalue weighted by molar-refractivity contribution is -0.224. The summed E-state index contributed by atoms with van der Waals surface area (Å²) in [5, 5.41) is 28.8. The average Bonchev–Trinajstić information content (AvgIpc) is 2.09. The molecular formula is C14H26N2O2. The molecule has 4 nitrogen and oxygen atoms in total. The predicted octanol–water partition coefficient (Wildman–Crippen LogP) is 0.527. The standard InChI is InChI=1S/C14H26N2O2/c1-3-15-11-5-12(16-4-2)8-13(17,6-11)10-14(18,7-11)9-12/h15-18H,3-10H2,1-2H3. The maximum atomic E-state index is 10.8. The maximum absolute atomic E-state index is 10.8. The summed E-state index contributed by atoms with van der Waals surface area (Å²) in [6.07, 6.45) is 4.77. The SMILES string of the molecule is CCNC12CC3(O)CC(O)(C1)CC(NCC)(C3)C2. The average molecular weight is 254 g/mol. The minimum atomic E-state index is -0.687. The Bertz CT molecular complexity index is 312. The molecular weight excluding hydrogens is 228 g/mol. The zero-order chi connectivity index (χ0) is 13.1. The van der Waals surface area contributed by atoms with Gasteiger partial charge in [-0.25, -0.2) is 0 Å². The Hall–Kier alpha value is -0.160. The number of nitrogens with one attached hydrogen (secondary N) is 2. The lowest BCUT2D eigenvalue weighted by Gasteiger charge is -2.68. The Morgan fingerprint density at radius 3 is 1.44 bits per heavy atom. The van der Waals surface area contributed by atoms with Crippen LogP contribution in [0.4, 0.5) is 0 Å². The van der Waals surface area contributed by atoms with Gasteiger partial charge in [0, 0.05) is 17.5 Å². The molecule has 0 radical (unpaired) electrons. The molecule has 4 saturated carbocycles. The van der Waals surface area contributed by atoms with E-state index in [4.69, 9.17) is 0 Å². The van der Waals surface area contributed by atoms with Crippen LogP contribution in [0.1, 0.15) is 52.4 Å². The van der Waals surface area contributed by atoms with E-state index in [9.17, 15) is 10.2 Å². The zero-order valence-electron chi connectivity index (χ0n) is 11.6. The highest BCUT2D eigenvalue weighted by Crippen LogP contribution is 2.60. The summed E-state index contributed by atoms with van der Waals surface area (Å²) < 4.78 is 0. The number of rotatable bonds is 4. The Morgan fingerprint density at radius 2 is 1.11 bits per heavy atom. The van der Waals surface area contributed by atoms with Crippen molar-refractivity contribution in [3.05, 3.63) is 0 Å². The molecule has 104 valence electrons. The molecule has 4 N–H and O–H groups in total. The van der Waals surface area contributed by atoms with Crippen molar-refractivity contribution in [1.82, 2.24) is 10.6 Å². The topological polar surface area (TPSA) is 64.5 Å². The summed E-state index contributed by atoms with van der Waals surface area (Å²) >= 11 is 0. The van der Waals surface area contributed by atoms with Crippen molar-refractivity contribution in [1.29, 1.82) is 0 Å². The Kier molecular flexibility index (Phi) is 2.63. The Morgan fingerprint density at radius 1 is 0.722 bits per heavy atom. The monoisotopic (exact) mass is 254 g/mol. The minimum Gasteiger partial charge on any atom is -0.390 e. The number of hydrogen-bond acceptors (Lipinski definition) is 4. The first kappa shape index (κ1) is 12.9. The fourth-order valence-electron chi connectivity index (χ4n) is 5.65. The molecule has 4 aliphatic rings. The molecule has 18 heavy (non-hydrogen) atoms. The van der Waals surface area contributed by atoms with Gasteiger partial charge in [0.15, 0.2) is 0 Å². The molecule has 0 aromatic carbocycles. The summed E-state index contributed by atoms with van der Waals surface area (Å²) in [5.41, 5.74) is -1.52. The van der Waals surface area contributed by atoms with Gasteiger partial charge in [-0.15, -0.1) is 0 Å². The molecule has 0 unspecified atom stereocenters. The molecule has 4 bridgehead atoms. The van der Waals surface area contributed by atoms with Gasteiger partial charge in [0.2, 0.25) is 0 Å². The first-order valence-corrected chi connectivity index (χ1v) is 7.31. The van der Waals surface area contributed by atoms with Crippen LogP contribution in [-0.2, 0) is 0 Å². The van der Waals surface area contributed by atoms with Gasteiger partial charge >= 0.3 is 0 Å². The van der Waals surface area contributed by atoms with E-state index in [2.05, 4.69) is 24.5 Å². The van der Waals surface area contributed by atoms with Gasteiger partial charge in [0.1, 0.15) is 0 Å². The van der Waals surface area contributed by atoms with Gasteiger partial charge in [0.25, 0.3) is 0 Å². The molecule has 0 amide bonds. The molecule has 4 aliphatic carbocycles. The second kappa shape index (κ2) is 3.69. The molecule has 4 fully saturated rings. The van der Waals surface area contributed by atoms with Gasteiger partial charge in [0.05, 0.1) is 11.2 Å². The van der Waals surface area contributed by atoms with Crippen molar-refractivity contribution in [2.75, 3.05) is 13.1 Å². The van der Waals surface area contributed by atoms with Crippen LogP contribution in [0.3, 0.4) is 0 Å². The molecule has 0 saturated heterocycles. The number of hydrogen-bond donors (Lipinski definition) is 4. The maximum Gasteiger partial charge on any atom is 0.0710 e. The van der Waals surface area contributed by atoms with Gasteiger partial charge in [-0.05, 0) is 45.2 Å². The van der Waals surface area contributed by atoms with Gasteiger partial charge < -0.3 is 20.8 Å². The van der Waals surface area contributed by atoms with Gasteiger partial charge in [-0.2, -0.15) is 0 Å². The van der Waals surface area contributed by atoms with Crippen LogP contribution in [0.5, 0.6) is 0 Å². The van der Waals surface area contributed by atoms with Crippen molar-refractivity contribution in [2.24, 2.45) is 0 Å². The molecule has 0 aromatic heterocycles. The van der Waals surface area contributed by atoms with E-state index in [-0.39, 0.29) is 11.1 Å². The number of aliphatic hydroxyl groups is 2. The third-order valence-corrected chi connectivity index (χ3v) is 5.11. The second-order valence-electron chi connectivity index (χ2n) is 7.13. The first-order chi connectivity index (χ1) is 8.36.